The second-order valence-corrected chi connectivity index (χ2v) is 5.95. The molecule has 1 amide bonds. The van der Waals surface area contributed by atoms with E-state index in [-0.39, 0.29) is 12.3 Å². The highest BCUT2D eigenvalue weighted by atomic mass is 35.5. The van der Waals surface area contributed by atoms with Crippen LogP contribution >= 0.6 is 23.2 Å². The fraction of sp³-hybridized carbons (Fsp3) is 0.118. The molecule has 1 N–H and O–H groups in total. The molecule has 3 nitrogen and oxygen atoms in total. The van der Waals surface area contributed by atoms with Gasteiger partial charge >= 0.3 is 0 Å². The maximum atomic E-state index is 12.2. The van der Waals surface area contributed by atoms with Crippen LogP contribution in [0.15, 0.2) is 47.1 Å². The first-order valence-corrected chi connectivity index (χ1v) is 7.50. The summed E-state index contributed by atoms with van der Waals surface area (Å²) < 4.78 is 5.50. The molecule has 0 saturated heterocycles. The highest BCUT2D eigenvalue weighted by Crippen LogP contribution is 2.26. The van der Waals surface area contributed by atoms with Crippen molar-refractivity contribution in [2.45, 2.75) is 13.3 Å². The topological polar surface area (TPSA) is 42.2 Å². The van der Waals surface area contributed by atoms with Crippen LogP contribution in [0.2, 0.25) is 10.0 Å². The van der Waals surface area contributed by atoms with Crippen LogP contribution in [0.3, 0.4) is 0 Å². The van der Waals surface area contributed by atoms with E-state index in [1.165, 1.54) is 0 Å². The first-order chi connectivity index (χ1) is 10.5. The molecule has 0 saturated carbocycles. The number of halogens is 2. The first kappa shape index (κ1) is 14.9. The van der Waals surface area contributed by atoms with Crippen LogP contribution in [0, 0.1) is 6.92 Å². The van der Waals surface area contributed by atoms with Crippen LogP contribution in [0.1, 0.15) is 11.1 Å². The van der Waals surface area contributed by atoms with E-state index in [4.69, 9.17) is 27.6 Å². The van der Waals surface area contributed by atoms with Gasteiger partial charge in [0.2, 0.25) is 5.91 Å². The van der Waals surface area contributed by atoms with Gasteiger partial charge in [-0.25, -0.2) is 0 Å². The zero-order chi connectivity index (χ0) is 15.7. The Hall–Kier alpha value is -1.97. The molecule has 3 aromatic rings. The van der Waals surface area contributed by atoms with E-state index >= 15 is 0 Å². The molecule has 0 aliphatic rings. The molecule has 0 unspecified atom stereocenters. The fourth-order valence-corrected chi connectivity index (χ4v) is 2.74. The van der Waals surface area contributed by atoms with Crippen molar-refractivity contribution in [2.24, 2.45) is 0 Å². The number of benzene rings is 2. The van der Waals surface area contributed by atoms with Crippen molar-refractivity contribution in [3.63, 3.8) is 0 Å². The number of carbonyl (C=O) groups is 1. The largest absolute Gasteiger partial charge is 0.464 e. The molecule has 112 valence electrons. The number of aryl methyl sites for hydroxylation is 1. The average molecular weight is 334 g/mol. The monoisotopic (exact) mass is 333 g/mol. The first-order valence-electron chi connectivity index (χ1n) is 6.74. The lowest BCUT2D eigenvalue weighted by molar-refractivity contribution is -0.115. The van der Waals surface area contributed by atoms with Gasteiger partial charge in [0.1, 0.15) is 5.58 Å². The van der Waals surface area contributed by atoms with Gasteiger partial charge < -0.3 is 9.73 Å². The van der Waals surface area contributed by atoms with Crippen molar-refractivity contribution in [1.82, 2.24) is 0 Å². The van der Waals surface area contributed by atoms with Gasteiger partial charge in [0.15, 0.2) is 0 Å². The van der Waals surface area contributed by atoms with E-state index in [1.54, 1.807) is 24.5 Å². The molecular weight excluding hydrogens is 321 g/mol. The Kier molecular flexibility index (Phi) is 4.10. The van der Waals surface area contributed by atoms with Crippen LogP contribution in [0.25, 0.3) is 11.0 Å². The second-order valence-electron chi connectivity index (χ2n) is 5.11. The number of furan rings is 1. The summed E-state index contributed by atoms with van der Waals surface area (Å²) >= 11 is 11.9. The lowest BCUT2D eigenvalue weighted by Crippen LogP contribution is -2.14. The standard InChI is InChI=1S/C17H13Cl2NO2/c1-10-2-4-13-11(9-22-16(13)6-10)7-17(21)20-15-5-3-12(18)8-14(15)19/h2-6,8-9H,7H2,1H3,(H,20,21). The number of anilines is 1. The number of hydrogen-bond donors (Lipinski definition) is 1. The Morgan fingerprint density at radius 2 is 2.00 bits per heavy atom. The van der Waals surface area contributed by atoms with E-state index in [1.807, 2.05) is 25.1 Å². The van der Waals surface area contributed by atoms with Crippen LogP contribution in [-0.4, -0.2) is 5.91 Å². The predicted octanol–water partition coefficient (Wildman–Crippen LogP) is 5.23. The summed E-state index contributed by atoms with van der Waals surface area (Å²) in [5.41, 5.74) is 3.29. The van der Waals surface area contributed by atoms with Gasteiger partial charge in [-0.3, -0.25) is 4.79 Å². The summed E-state index contributed by atoms with van der Waals surface area (Å²) in [5.74, 6) is -0.160. The number of nitrogens with one attached hydrogen (secondary N) is 1. The van der Waals surface area contributed by atoms with Gasteiger partial charge in [-0.15, -0.1) is 0 Å². The minimum atomic E-state index is -0.160. The van der Waals surface area contributed by atoms with Crippen molar-refractivity contribution in [3.8, 4) is 0 Å². The summed E-state index contributed by atoms with van der Waals surface area (Å²) in [5, 5.41) is 4.67. The van der Waals surface area contributed by atoms with Crippen molar-refractivity contribution in [3.05, 3.63) is 63.8 Å². The second kappa shape index (κ2) is 6.03. The third-order valence-corrected chi connectivity index (χ3v) is 3.92. The molecule has 2 aromatic carbocycles. The van der Waals surface area contributed by atoms with Crippen molar-refractivity contribution >= 4 is 45.8 Å². The van der Waals surface area contributed by atoms with E-state index in [0.29, 0.717) is 15.7 Å². The maximum absolute atomic E-state index is 12.2. The van der Waals surface area contributed by atoms with E-state index in [0.717, 1.165) is 22.1 Å². The summed E-state index contributed by atoms with van der Waals surface area (Å²) in [6.45, 7) is 2.00. The smallest absolute Gasteiger partial charge is 0.228 e. The van der Waals surface area contributed by atoms with Crippen molar-refractivity contribution < 1.29 is 9.21 Å². The van der Waals surface area contributed by atoms with Crippen molar-refractivity contribution in [2.75, 3.05) is 5.32 Å². The normalized spacial score (nSPS) is 10.9. The third kappa shape index (κ3) is 3.11. The summed E-state index contributed by atoms with van der Waals surface area (Å²) in [6, 6.07) is 10.9. The number of amides is 1. The number of rotatable bonds is 3. The Balaban J connectivity index is 1.78. The number of carbonyl (C=O) groups excluding carboxylic acids is 1. The molecule has 5 heteroatoms. The zero-order valence-corrected chi connectivity index (χ0v) is 13.3. The molecule has 0 bridgehead atoms. The SMILES string of the molecule is Cc1ccc2c(CC(=O)Nc3ccc(Cl)cc3Cl)coc2c1. The van der Waals surface area contributed by atoms with Gasteiger partial charge in [0, 0.05) is 16.0 Å². The van der Waals surface area contributed by atoms with Gasteiger partial charge in [0.05, 0.1) is 23.4 Å². The maximum Gasteiger partial charge on any atom is 0.228 e. The number of fused-ring (bicyclic) bond motifs is 1. The Morgan fingerprint density at radius 1 is 1.18 bits per heavy atom. The molecule has 0 aliphatic heterocycles. The molecule has 0 radical (unpaired) electrons. The Morgan fingerprint density at radius 3 is 2.77 bits per heavy atom. The lowest BCUT2D eigenvalue weighted by atomic mass is 10.1. The summed E-state index contributed by atoms with van der Waals surface area (Å²) in [7, 11) is 0. The minimum absolute atomic E-state index is 0.160. The number of hydrogen-bond acceptors (Lipinski definition) is 2. The summed E-state index contributed by atoms with van der Waals surface area (Å²) in [6.07, 6.45) is 1.84. The molecule has 3 rings (SSSR count). The minimum Gasteiger partial charge on any atom is -0.464 e. The predicted molar refractivity (Wildman–Crippen MR) is 89.7 cm³/mol. The van der Waals surface area contributed by atoms with Crippen LogP contribution in [0.5, 0.6) is 0 Å². The highest BCUT2D eigenvalue weighted by molar-refractivity contribution is 6.36. The molecule has 1 aromatic heterocycles. The zero-order valence-electron chi connectivity index (χ0n) is 11.8. The Bertz CT molecular complexity index is 855. The lowest BCUT2D eigenvalue weighted by Gasteiger charge is -2.07. The van der Waals surface area contributed by atoms with Gasteiger partial charge in [-0.05, 0) is 36.8 Å². The molecule has 1 heterocycles. The van der Waals surface area contributed by atoms with E-state index in [2.05, 4.69) is 5.32 Å². The van der Waals surface area contributed by atoms with Gasteiger partial charge in [0.25, 0.3) is 0 Å². The highest BCUT2D eigenvalue weighted by Gasteiger charge is 2.12. The molecule has 0 spiro atoms. The van der Waals surface area contributed by atoms with E-state index < -0.39 is 0 Å². The Labute approximate surface area is 137 Å². The van der Waals surface area contributed by atoms with Gasteiger partial charge in [-0.1, -0.05) is 35.3 Å². The third-order valence-electron chi connectivity index (χ3n) is 3.37. The molecule has 0 atom stereocenters. The molecule has 0 fully saturated rings. The van der Waals surface area contributed by atoms with Crippen LogP contribution in [-0.2, 0) is 11.2 Å². The van der Waals surface area contributed by atoms with Gasteiger partial charge in [-0.2, -0.15) is 0 Å². The average Bonchev–Trinajstić information content (AvgIpc) is 2.84. The van der Waals surface area contributed by atoms with E-state index in [9.17, 15) is 4.79 Å². The van der Waals surface area contributed by atoms with Crippen molar-refractivity contribution in [1.29, 1.82) is 0 Å². The quantitative estimate of drug-likeness (QED) is 0.713. The molecular formula is C17H13Cl2NO2. The van der Waals surface area contributed by atoms with Crippen LogP contribution < -0.4 is 5.32 Å². The summed E-state index contributed by atoms with van der Waals surface area (Å²) in [4.78, 5) is 12.2. The molecule has 0 aliphatic carbocycles. The van der Waals surface area contributed by atoms with Crippen LogP contribution in [0.4, 0.5) is 5.69 Å². The fourth-order valence-electron chi connectivity index (χ4n) is 2.29. The molecule has 22 heavy (non-hydrogen) atoms.